The number of halogens is 2. The van der Waals surface area contributed by atoms with E-state index in [1.807, 2.05) is 0 Å². The number of aromatic nitrogens is 2. The van der Waals surface area contributed by atoms with E-state index in [4.69, 9.17) is 4.74 Å². The molecule has 0 saturated carbocycles. The fraction of sp³-hybridized carbons (Fsp3) is 0.167. The van der Waals surface area contributed by atoms with E-state index < -0.39 is 17.8 Å². The fourth-order valence-electron chi connectivity index (χ4n) is 2.19. The van der Waals surface area contributed by atoms with E-state index >= 15 is 0 Å². The van der Waals surface area contributed by atoms with E-state index in [1.54, 1.807) is 31.2 Å². The summed E-state index contributed by atoms with van der Waals surface area (Å²) in [6.07, 6.45) is -0.519. The summed E-state index contributed by atoms with van der Waals surface area (Å²) < 4.78 is 36.3. The predicted molar refractivity (Wildman–Crippen MR) is 95.0 cm³/mol. The van der Waals surface area contributed by atoms with Gasteiger partial charge in [0.2, 0.25) is 5.13 Å². The second-order valence-corrected chi connectivity index (χ2v) is 6.12. The topological polar surface area (TPSA) is 64.1 Å². The number of nitrogens with one attached hydrogen (secondary N) is 1. The molecule has 2 aromatic carbocycles. The number of amides is 1. The number of nitrogens with zero attached hydrogens (tertiary/aromatic N) is 2. The molecular weight excluding hydrogens is 360 g/mol. The Labute approximate surface area is 152 Å². The van der Waals surface area contributed by atoms with Crippen LogP contribution in [-0.2, 0) is 4.79 Å². The fourth-order valence-corrected chi connectivity index (χ4v) is 2.78. The van der Waals surface area contributed by atoms with Crippen molar-refractivity contribution in [2.75, 3.05) is 5.32 Å². The molecule has 1 unspecified atom stereocenters. The number of carbonyl (C=O) groups is 1. The van der Waals surface area contributed by atoms with E-state index in [0.717, 1.165) is 11.5 Å². The van der Waals surface area contributed by atoms with E-state index in [1.165, 1.54) is 24.3 Å². The largest absolute Gasteiger partial charge is 0.478 e. The summed E-state index contributed by atoms with van der Waals surface area (Å²) in [6.45, 7) is 1.76. The van der Waals surface area contributed by atoms with Crippen LogP contribution < -0.4 is 10.1 Å². The molecule has 3 aromatic rings. The smallest absolute Gasteiger partial charge is 0.267 e. The van der Waals surface area contributed by atoms with Crippen LogP contribution in [0.2, 0.25) is 0 Å². The Morgan fingerprint density at radius 3 is 2.62 bits per heavy atom. The quantitative estimate of drug-likeness (QED) is 0.698. The van der Waals surface area contributed by atoms with Gasteiger partial charge in [-0.15, -0.1) is 0 Å². The average Bonchev–Trinajstić information content (AvgIpc) is 3.10. The third-order valence-corrected chi connectivity index (χ3v) is 4.16. The van der Waals surface area contributed by atoms with Gasteiger partial charge in [0, 0.05) is 17.1 Å². The summed E-state index contributed by atoms with van der Waals surface area (Å²) in [5.74, 6) is -0.938. The molecule has 1 atom stereocenters. The molecule has 0 aliphatic heterocycles. The number of ether oxygens (including phenoxy) is 1. The third-order valence-electron chi connectivity index (χ3n) is 3.53. The van der Waals surface area contributed by atoms with Crippen LogP contribution in [0, 0.1) is 11.6 Å². The minimum absolute atomic E-state index is 0.0127. The van der Waals surface area contributed by atoms with Crippen molar-refractivity contribution in [3.05, 3.63) is 60.2 Å². The summed E-state index contributed by atoms with van der Waals surface area (Å²) in [5.41, 5.74) is 0.637. The highest BCUT2D eigenvalue weighted by Gasteiger charge is 2.21. The number of benzene rings is 2. The standard InChI is InChI=1S/C18H15F2N3O2S/c1-2-14(25-15-6-4-3-5-13(15)20)17(24)22-18-21-16(23-26-18)11-7-9-12(19)10-8-11/h3-10,14H,2H2,1H3,(H,21,22,23,24). The van der Waals surface area contributed by atoms with Gasteiger partial charge in [-0.3, -0.25) is 10.1 Å². The van der Waals surface area contributed by atoms with Gasteiger partial charge >= 0.3 is 0 Å². The van der Waals surface area contributed by atoms with Crippen LogP contribution in [0.3, 0.4) is 0 Å². The Kier molecular flexibility index (Phi) is 5.52. The summed E-state index contributed by atoms with van der Waals surface area (Å²) in [6, 6.07) is 11.6. The van der Waals surface area contributed by atoms with E-state index in [2.05, 4.69) is 14.7 Å². The average molecular weight is 375 g/mol. The van der Waals surface area contributed by atoms with Crippen molar-refractivity contribution in [2.45, 2.75) is 19.4 Å². The van der Waals surface area contributed by atoms with Crippen LogP contribution >= 0.6 is 11.5 Å². The zero-order chi connectivity index (χ0) is 18.5. The highest BCUT2D eigenvalue weighted by molar-refractivity contribution is 7.10. The lowest BCUT2D eigenvalue weighted by atomic mass is 10.2. The molecule has 0 aliphatic rings. The molecule has 0 saturated heterocycles. The maximum Gasteiger partial charge on any atom is 0.267 e. The van der Waals surface area contributed by atoms with Crippen molar-refractivity contribution in [3.63, 3.8) is 0 Å². The van der Waals surface area contributed by atoms with E-state index in [9.17, 15) is 13.6 Å². The van der Waals surface area contributed by atoms with Gasteiger partial charge in [0.05, 0.1) is 0 Å². The predicted octanol–water partition coefficient (Wildman–Crippen LogP) is 4.28. The zero-order valence-corrected chi connectivity index (χ0v) is 14.6. The van der Waals surface area contributed by atoms with Gasteiger partial charge in [0.15, 0.2) is 23.5 Å². The summed E-state index contributed by atoms with van der Waals surface area (Å²) in [5, 5.41) is 2.90. The lowest BCUT2D eigenvalue weighted by Gasteiger charge is -2.16. The van der Waals surface area contributed by atoms with E-state index in [-0.39, 0.29) is 16.7 Å². The van der Waals surface area contributed by atoms with Gasteiger partial charge in [0.25, 0.3) is 5.91 Å². The first-order chi connectivity index (χ1) is 12.6. The molecule has 0 spiro atoms. The van der Waals surface area contributed by atoms with Crippen molar-refractivity contribution in [2.24, 2.45) is 0 Å². The first-order valence-electron chi connectivity index (χ1n) is 7.88. The van der Waals surface area contributed by atoms with Crippen LogP contribution in [0.5, 0.6) is 5.75 Å². The molecule has 8 heteroatoms. The second-order valence-electron chi connectivity index (χ2n) is 5.36. The molecule has 0 aliphatic carbocycles. The molecule has 3 rings (SSSR count). The van der Waals surface area contributed by atoms with Crippen LogP contribution in [0.4, 0.5) is 13.9 Å². The Bertz CT molecular complexity index is 899. The Morgan fingerprint density at radius 1 is 1.19 bits per heavy atom. The normalized spacial score (nSPS) is 11.8. The third kappa shape index (κ3) is 4.20. The molecule has 1 amide bonds. The van der Waals surface area contributed by atoms with Gasteiger partial charge in [-0.25, -0.2) is 8.78 Å². The van der Waals surface area contributed by atoms with Crippen molar-refractivity contribution >= 4 is 22.6 Å². The van der Waals surface area contributed by atoms with Crippen LogP contribution in [0.1, 0.15) is 13.3 Å². The van der Waals surface area contributed by atoms with Crippen LogP contribution in [0.15, 0.2) is 48.5 Å². The number of hydrogen-bond acceptors (Lipinski definition) is 5. The van der Waals surface area contributed by atoms with Crippen molar-refractivity contribution in [3.8, 4) is 17.1 Å². The molecule has 5 nitrogen and oxygen atoms in total. The number of carbonyl (C=O) groups excluding carboxylic acids is 1. The first kappa shape index (κ1) is 17.9. The molecular formula is C18H15F2N3O2S. The molecule has 0 radical (unpaired) electrons. The van der Waals surface area contributed by atoms with Crippen molar-refractivity contribution < 1.29 is 18.3 Å². The molecule has 1 N–H and O–H groups in total. The van der Waals surface area contributed by atoms with Gasteiger partial charge in [0.1, 0.15) is 5.82 Å². The van der Waals surface area contributed by atoms with Gasteiger partial charge in [-0.2, -0.15) is 9.36 Å². The SMILES string of the molecule is CCC(Oc1ccccc1F)C(=O)Nc1nc(-c2ccc(F)cc2)ns1. The monoisotopic (exact) mass is 375 g/mol. The van der Waals surface area contributed by atoms with Gasteiger partial charge in [-0.1, -0.05) is 19.1 Å². The highest BCUT2D eigenvalue weighted by atomic mass is 32.1. The van der Waals surface area contributed by atoms with Crippen molar-refractivity contribution in [1.82, 2.24) is 9.36 Å². The highest BCUT2D eigenvalue weighted by Crippen LogP contribution is 2.23. The molecule has 26 heavy (non-hydrogen) atoms. The number of hydrogen-bond donors (Lipinski definition) is 1. The Hall–Kier alpha value is -2.87. The lowest BCUT2D eigenvalue weighted by molar-refractivity contribution is -0.122. The maximum absolute atomic E-state index is 13.7. The Balaban J connectivity index is 1.68. The minimum Gasteiger partial charge on any atom is -0.478 e. The van der Waals surface area contributed by atoms with Crippen LogP contribution in [0.25, 0.3) is 11.4 Å². The minimum atomic E-state index is -0.870. The molecule has 0 bridgehead atoms. The maximum atomic E-state index is 13.7. The Morgan fingerprint density at radius 2 is 1.92 bits per heavy atom. The number of rotatable bonds is 6. The summed E-state index contributed by atoms with van der Waals surface area (Å²) in [4.78, 5) is 16.6. The second kappa shape index (κ2) is 8.01. The zero-order valence-electron chi connectivity index (χ0n) is 13.8. The van der Waals surface area contributed by atoms with Gasteiger partial charge < -0.3 is 4.74 Å². The van der Waals surface area contributed by atoms with Crippen molar-refractivity contribution in [1.29, 1.82) is 0 Å². The van der Waals surface area contributed by atoms with Gasteiger partial charge in [-0.05, 0) is 42.8 Å². The van der Waals surface area contributed by atoms with Crippen LogP contribution in [-0.4, -0.2) is 21.4 Å². The van der Waals surface area contributed by atoms with E-state index in [0.29, 0.717) is 17.8 Å². The summed E-state index contributed by atoms with van der Waals surface area (Å²) >= 11 is 0.998. The molecule has 1 heterocycles. The number of para-hydroxylation sites is 1. The molecule has 0 fully saturated rings. The summed E-state index contributed by atoms with van der Waals surface area (Å²) in [7, 11) is 0. The first-order valence-corrected chi connectivity index (χ1v) is 8.66. The molecule has 134 valence electrons. The lowest BCUT2D eigenvalue weighted by Crippen LogP contribution is -2.32. The molecule has 1 aromatic heterocycles. The number of anilines is 1.